The minimum absolute atomic E-state index is 0.293. The number of hydrogen-bond donors (Lipinski definition) is 1. The molecule has 0 aliphatic heterocycles. The summed E-state index contributed by atoms with van der Waals surface area (Å²) in [5.41, 5.74) is 0. The van der Waals surface area contributed by atoms with Crippen LogP contribution in [0.5, 0.6) is 0 Å². The maximum Gasteiger partial charge on any atom is 0.150 e. The van der Waals surface area contributed by atoms with Gasteiger partial charge in [0.15, 0.2) is 0 Å². The molecule has 4 nitrogen and oxygen atoms in total. The average Bonchev–Trinajstić information content (AvgIpc) is 2.89. The van der Waals surface area contributed by atoms with Crippen molar-refractivity contribution in [2.45, 2.75) is 38.8 Å². The van der Waals surface area contributed by atoms with Gasteiger partial charge in [-0.2, -0.15) is 0 Å². The molecule has 0 spiro atoms. The first-order chi connectivity index (χ1) is 6.24. The summed E-state index contributed by atoms with van der Waals surface area (Å²) in [5, 5.41) is 11.5. The lowest BCUT2D eigenvalue weighted by Crippen LogP contribution is -2.18. The second-order valence-electron chi connectivity index (χ2n) is 3.72. The molecule has 1 N–H and O–H groups in total. The summed E-state index contributed by atoms with van der Waals surface area (Å²) in [6.07, 6.45) is 2.56. The van der Waals surface area contributed by atoms with Crippen LogP contribution in [0.15, 0.2) is 0 Å². The van der Waals surface area contributed by atoms with Gasteiger partial charge in [-0.15, -0.1) is 10.2 Å². The molecule has 1 unspecified atom stereocenters. The van der Waals surface area contributed by atoms with Crippen LogP contribution in [0.1, 0.15) is 43.5 Å². The quantitative estimate of drug-likeness (QED) is 0.760. The third-order valence-corrected chi connectivity index (χ3v) is 2.62. The van der Waals surface area contributed by atoms with E-state index in [1.807, 2.05) is 14.0 Å². The van der Waals surface area contributed by atoms with E-state index in [1.54, 1.807) is 0 Å². The Kier molecular flexibility index (Phi) is 2.07. The highest BCUT2D eigenvalue weighted by atomic mass is 15.3. The highest BCUT2D eigenvalue weighted by Gasteiger charge is 2.29. The Labute approximate surface area is 78.4 Å². The first kappa shape index (κ1) is 8.69. The fraction of sp³-hybridized carbons (Fsp3) is 0.778. The molecule has 1 aromatic heterocycles. The van der Waals surface area contributed by atoms with Gasteiger partial charge in [0.25, 0.3) is 0 Å². The number of aromatic nitrogens is 3. The Hall–Kier alpha value is -0.900. The maximum atomic E-state index is 4.20. The molecule has 1 aliphatic rings. The molecule has 1 fully saturated rings. The zero-order valence-electron chi connectivity index (χ0n) is 8.41. The number of rotatable bonds is 3. The summed E-state index contributed by atoms with van der Waals surface area (Å²) in [4.78, 5) is 0. The molecular formula is C9H16N4. The van der Waals surface area contributed by atoms with Crippen LogP contribution in [-0.2, 0) is 0 Å². The van der Waals surface area contributed by atoms with Gasteiger partial charge in [-0.3, -0.25) is 0 Å². The van der Waals surface area contributed by atoms with Crippen molar-refractivity contribution >= 4 is 0 Å². The molecule has 0 aromatic carbocycles. The molecule has 13 heavy (non-hydrogen) atoms. The van der Waals surface area contributed by atoms with Gasteiger partial charge >= 0.3 is 0 Å². The molecule has 4 heteroatoms. The van der Waals surface area contributed by atoms with Gasteiger partial charge in [0.1, 0.15) is 11.6 Å². The first-order valence-electron chi connectivity index (χ1n) is 4.82. The minimum atomic E-state index is 0.293. The van der Waals surface area contributed by atoms with E-state index < -0.39 is 0 Å². The summed E-state index contributed by atoms with van der Waals surface area (Å²) >= 11 is 0. The van der Waals surface area contributed by atoms with Crippen molar-refractivity contribution in [3.05, 3.63) is 11.6 Å². The molecule has 1 aromatic rings. The van der Waals surface area contributed by atoms with E-state index in [2.05, 4.69) is 27.0 Å². The number of nitrogens with one attached hydrogen (secondary N) is 1. The van der Waals surface area contributed by atoms with Gasteiger partial charge < -0.3 is 9.88 Å². The van der Waals surface area contributed by atoms with Crippen LogP contribution < -0.4 is 5.32 Å². The molecule has 1 aliphatic carbocycles. The zero-order valence-corrected chi connectivity index (χ0v) is 8.41. The molecule has 2 rings (SSSR count). The Balaban J connectivity index is 2.33. The van der Waals surface area contributed by atoms with Crippen LogP contribution in [0, 0.1) is 6.92 Å². The fourth-order valence-corrected chi connectivity index (χ4v) is 1.59. The van der Waals surface area contributed by atoms with Crippen LogP contribution in [0.25, 0.3) is 0 Å². The van der Waals surface area contributed by atoms with Crippen molar-refractivity contribution in [2.24, 2.45) is 0 Å². The van der Waals surface area contributed by atoms with Crippen LogP contribution in [-0.4, -0.2) is 21.8 Å². The number of nitrogens with zero attached hydrogens (tertiary/aromatic N) is 3. The second kappa shape index (κ2) is 3.10. The molecule has 0 radical (unpaired) electrons. The summed E-state index contributed by atoms with van der Waals surface area (Å²) in [7, 11) is 1.95. The monoisotopic (exact) mass is 180 g/mol. The second-order valence-corrected chi connectivity index (χ2v) is 3.72. The third kappa shape index (κ3) is 1.46. The molecule has 0 amide bonds. The number of aryl methyl sites for hydroxylation is 1. The molecule has 0 saturated heterocycles. The Morgan fingerprint density at radius 3 is 2.69 bits per heavy atom. The smallest absolute Gasteiger partial charge is 0.150 e. The molecular weight excluding hydrogens is 164 g/mol. The molecule has 0 bridgehead atoms. The van der Waals surface area contributed by atoms with E-state index in [0.717, 1.165) is 11.6 Å². The van der Waals surface area contributed by atoms with Gasteiger partial charge in [-0.1, -0.05) is 0 Å². The van der Waals surface area contributed by atoms with Crippen molar-refractivity contribution in [2.75, 3.05) is 7.05 Å². The van der Waals surface area contributed by atoms with Gasteiger partial charge in [-0.25, -0.2) is 0 Å². The lowest BCUT2D eigenvalue weighted by atomic mass is 10.3. The van der Waals surface area contributed by atoms with Crippen molar-refractivity contribution in [3.8, 4) is 0 Å². The van der Waals surface area contributed by atoms with Gasteiger partial charge in [0.05, 0.1) is 6.04 Å². The Morgan fingerprint density at radius 1 is 1.46 bits per heavy atom. The fourth-order valence-electron chi connectivity index (χ4n) is 1.59. The molecule has 72 valence electrons. The maximum absolute atomic E-state index is 4.20. The molecule has 1 saturated carbocycles. The Bertz CT molecular complexity index is 301. The van der Waals surface area contributed by atoms with Gasteiger partial charge in [0, 0.05) is 6.04 Å². The van der Waals surface area contributed by atoms with Crippen molar-refractivity contribution < 1.29 is 0 Å². The predicted molar refractivity (Wildman–Crippen MR) is 50.5 cm³/mol. The highest BCUT2D eigenvalue weighted by Crippen LogP contribution is 2.37. The van der Waals surface area contributed by atoms with Crippen LogP contribution in [0.2, 0.25) is 0 Å². The van der Waals surface area contributed by atoms with E-state index in [4.69, 9.17) is 0 Å². The molecule has 1 heterocycles. The normalized spacial score (nSPS) is 19.0. The summed E-state index contributed by atoms with van der Waals surface area (Å²) in [5.74, 6) is 2.11. The third-order valence-electron chi connectivity index (χ3n) is 2.62. The van der Waals surface area contributed by atoms with E-state index in [-0.39, 0.29) is 0 Å². The van der Waals surface area contributed by atoms with E-state index in [1.165, 1.54) is 12.8 Å². The van der Waals surface area contributed by atoms with Gasteiger partial charge in [0.2, 0.25) is 0 Å². The summed E-state index contributed by atoms with van der Waals surface area (Å²) in [6.45, 7) is 4.14. The first-order valence-corrected chi connectivity index (χ1v) is 4.82. The largest absolute Gasteiger partial charge is 0.311 e. The summed E-state index contributed by atoms with van der Waals surface area (Å²) in [6, 6.07) is 0.961. The van der Waals surface area contributed by atoms with Gasteiger partial charge in [-0.05, 0) is 33.7 Å². The number of hydrogen-bond acceptors (Lipinski definition) is 3. The summed E-state index contributed by atoms with van der Waals surface area (Å²) < 4.78 is 2.27. The van der Waals surface area contributed by atoms with Crippen LogP contribution in [0.3, 0.4) is 0 Å². The van der Waals surface area contributed by atoms with E-state index in [9.17, 15) is 0 Å². The zero-order chi connectivity index (χ0) is 9.42. The van der Waals surface area contributed by atoms with Crippen LogP contribution >= 0.6 is 0 Å². The minimum Gasteiger partial charge on any atom is -0.311 e. The highest BCUT2D eigenvalue weighted by molar-refractivity contribution is 5.04. The van der Waals surface area contributed by atoms with Crippen LogP contribution in [0.4, 0.5) is 0 Å². The lowest BCUT2D eigenvalue weighted by molar-refractivity contribution is 0.552. The van der Waals surface area contributed by atoms with E-state index in [0.29, 0.717) is 12.1 Å². The topological polar surface area (TPSA) is 42.7 Å². The van der Waals surface area contributed by atoms with E-state index >= 15 is 0 Å². The van der Waals surface area contributed by atoms with Crippen molar-refractivity contribution in [3.63, 3.8) is 0 Å². The SMILES string of the molecule is CNC(C)c1nnc(C)n1C1CC1. The standard InChI is InChI=1S/C9H16N4/c1-6(10-3)9-12-11-7(2)13(9)8-4-5-8/h6,8,10H,4-5H2,1-3H3. The van der Waals surface area contributed by atoms with Crippen molar-refractivity contribution in [1.82, 2.24) is 20.1 Å². The molecule has 1 atom stereocenters. The Morgan fingerprint density at radius 2 is 2.15 bits per heavy atom. The van der Waals surface area contributed by atoms with Crippen molar-refractivity contribution in [1.29, 1.82) is 0 Å². The lowest BCUT2D eigenvalue weighted by Gasteiger charge is -2.12. The average molecular weight is 180 g/mol. The predicted octanol–water partition coefficient (Wildman–Crippen LogP) is 1.20.